The van der Waals surface area contributed by atoms with Crippen LogP contribution in [0.4, 0.5) is 10.5 Å². The monoisotopic (exact) mass is 485 g/mol. The van der Waals surface area contributed by atoms with Crippen molar-refractivity contribution >= 4 is 40.3 Å². The molecule has 3 aromatic carbocycles. The highest BCUT2D eigenvalue weighted by Crippen LogP contribution is 2.21. The van der Waals surface area contributed by atoms with Crippen LogP contribution in [0.15, 0.2) is 89.5 Å². The standard InChI is InChI=1S/C27H23N3O6/c31-24(15-19-9-5-8-18-7-1-2-11-21(18)19)29-23-13-4-3-12-22(23)26(33)36-17-25(32)30-27(34)28-16-20-10-6-14-35-20/h1-14H,15-17H2,(H,29,31)(H2,28,30,32,34). The van der Waals surface area contributed by atoms with Gasteiger partial charge in [0.15, 0.2) is 6.61 Å². The van der Waals surface area contributed by atoms with Gasteiger partial charge in [-0.1, -0.05) is 54.6 Å². The van der Waals surface area contributed by atoms with Gasteiger partial charge in [0, 0.05) is 0 Å². The Morgan fingerprint density at radius 3 is 2.42 bits per heavy atom. The van der Waals surface area contributed by atoms with E-state index in [4.69, 9.17) is 9.15 Å². The van der Waals surface area contributed by atoms with E-state index in [9.17, 15) is 19.2 Å². The molecule has 1 heterocycles. The van der Waals surface area contributed by atoms with Gasteiger partial charge in [-0.25, -0.2) is 9.59 Å². The van der Waals surface area contributed by atoms with Crippen LogP contribution in [0.3, 0.4) is 0 Å². The van der Waals surface area contributed by atoms with E-state index in [2.05, 4.69) is 16.0 Å². The van der Waals surface area contributed by atoms with E-state index >= 15 is 0 Å². The lowest BCUT2D eigenvalue weighted by Crippen LogP contribution is -2.41. The number of ether oxygens (including phenoxy) is 1. The van der Waals surface area contributed by atoms with Gasteiger partial charge in [0.2, 0.25) is 5.91 Å². The van der Waals surface area contributed by atoms with Gasteiger partial charge in [0.05, 0.1) is 30.5 Å². The summed E-state index contributed by atoms with van der Waals surface area (Å²) in [5.41, 5.74) is 1.19. The summed E-state index contributed by atoms with van der Waals surface area (Å²) in [4.78, 5) is 49.1. The van der Waals surface area contributed by atoms with Gasteiger partial charge < -0.3 is 19.8 Å². The molecule has 0 aliphatic carbocycles. The van der Waals surface area contributed by atoms with Gasteiger partial charge in [-0.2, -0.15) is 0 Å². The molecular weight excluding hydrogens is 462 g/mol. The Balaban J connectivity index is 1.31. The Hall–Kier alpha value is -4.92. The Bertz CT molecular complexity index is 1390. The molecular formula is C27H23N3O6. The molecule has 0 saturated heterocycles. The van der Waals surface area contributed by atoms with Crippen LogP contribution in [0.5, 0.6) is 0 Å². The van der Waals surface area contributed by atoms with Crippen LogP contribution in [-0.4, -0.2) is 30.4 Å². The van der Waals surface area contributed by atoms with Crippen LogP contribution in [0, 0.1) is 0 Å². The van der Waals surface area contributed by atoms with Crippen LogP contribution in [0.2, 0.25) is 0 Å². The highest BCUT2D eigenvalue weighted by molar-refractivity contribution is 6.03. The first-order valence-corrected chi connectivity index (χ1v) is 11.1. The number of anilines is 1. The van der Waals surface area contributed by atoms with Crippen molar-refractivity contribution in [3.8, 4) is 0 Å². The predicted octanol–water partition coefficient (Wildman–Crippen LogP) is 3.80. The fraction of sp³-hybridized carbons (Fsp3) is 0.111. The predicted molar refractivity (Wildman–Crippen MR) is 132 cm³/mol. The lowest BCUT2D eigenvalue weighted by atomic mass is 10.0. The molecule has 182 valence electrons. The lowest BCUT2D eigenvalue weighted by Gasteiger charge is -2.12. The summed E-state index contributed by atoms with van der Waals surface area (Å²) in [5, 5.41) is 9.25. The summed E-state index contributed by atoms with van der Waals surface area (Å²) in [6.07, 6.45) is 1.57. The third-order valence-electron chi connectivity index (χ3n) is 5.24. The molecule has 0 aliphatic heterocycles. The fourth-order valence-electron chi connectivity index (χ4n) is 3.58. The summed E-state index contributed by atoms with van der Waals surface area (Å²) in [6, 6.07) is 22.4. The van der Waals surface area contributed by atoms with Crippen molar-refractivity contribution in [3.05, 3.63) is 102 Å². The first-order valence-electron chi connectivity index (χ1n) is 11.1. The molecule has 9 nitrogen and oxygen atoms in total. The van der Waals surface area contributed by atoms with E-state index in [0.717, 1.165) is 16.3 Å². The van der Waals surface area contributed by atoms with Gasteiger partial charge in [-0.05, 0) is 40.6 Å². The van der Waals surface area contributed by atoms with Crippen LogP contribution in [0.1, 0.15) is 21.7 Å². The molecule has 0 unspecified atom stereocenters. The average molecular weight is 485 g/mol. The molecule has 0 aliphatic rings. The molecule has 0 radical (unpaired) electrons. The molecule has 0 fully saturated rings. The highest BCUT2D eigenvalue weighted by Gasteiger charge is 2.17. The molecule has 0 saturated carbocycles. The number of imide groups is 1. The number of hydrogen-bond donors (Lipinski definition) is 3. The smallest absolute Gasteiger partial charge is 0.340 e. The number of fused-ring (bicyclic) bond motifs is 1. The molecule has 4 amide bonds. The van der Waals surface area contributed by atoms with Crippen molar-refractivity contribution in [2.75, 3.05) is 11.9 Å². The zero-order valence-corrected chi connectivity index (χ0v) is 19.2. The van der Waals surface area contributed by atoms with E-state index in [-0.39, 0.29) is 30.1 Å². The van der Waals surface area contributed by atoms with Crippen LogP contribution in [-0.2, 0) is 27.3 Å². The number of para-hydroxylation sites is 1. The first-order chi connectivity index (χ1) is 17.5. The summed E-state index contributed by atoms with van der Waals surface area (Å²) in [6.45, 7) is -0.580. The fourth-order valence-corrected chi connectivity index (χ4v) is 3.58. The van der Waals surface area contributed by atoms with E-state index in [1.165, 1.54) is 12.3 Å². The minimum absolute atomic E-state index is 0.0823. The van der Waals surface area contributed by atoms with Crippen molar-refractivity contribution in [2.45, 2.75) is 13.0 Å². The maximum absolute atomic E-state index is 12.8. The molecule has 4 rings (SSSR count). The number of urea groups is 1. The second kappa shape index (κ2) is 11.5. The SMILES string of the molecule is O=C(COC(=O)c1ccccc1NC(=O)Cc1cccc2ccccc12)NC(=O)NCc1ccco1. The topological polar surface area (TPSA) is 127 Å². The van der Waals surface area contributed by atoms with Crippen LogP contribution >= 0.6 is 0 Å². The number of nitrogens with one attached hydrogen (secondary N) is 3. The lowest BCUT2D eigenvalue weighted by molar-refractivity contribution is -0.123. The van der Waals surface area contributed by atoms with Crippen molar-refractivity contribution in [2.24, 2.45) is 0 Å². The van der Waals surface area contributed by atoms with E-state index in [1.807, 2.05) is 42.5 Å². The number of benzene rings is 3. The quantitative estimate of drug-likeness (QED) is 0.326. The molecule has 0 bridgehead atoms. The molecule has 4 aromatic rings. The van der Waals surface area contributed by atoms with E-state index in [0.29, 0.717) is 5.76 Å². The van der Waals surface area contributed by atoms with Crippen molar-refractivity contribution in [3.63, 3.8) is 0 Å². The molecule has 0 spiro atoms. The summed E-state index contributed by atoms with van der Waals surface area (Å²) < 4.78 is 10.1. The Morgan fingerprint density at radius 1 is 0.806 bits per heavy atom. The van der Waals surface area contributed by atoms with Gasteiger partial charge in [-0.3, -0.25) is 14.9 Å². The van der Waals surface area contributed by atoms with E-state index in [1.54, 1.807) is 30.3 Å². The number of hydrogen-bond acceptors (Lipinski definition) is 6. The molecule has 1 aromatic heterocycles. The average Bonchev–Trinajstić information content (AvgIpc) is 3.40. The number of amides is 4. The Morgan fingerprint density at radius 2 is 1.58 bits per heavy atom. The zero-order valence-electron chi connectivity index (χ0n) is 19.2. The van der Waals surface area contributed by atoms with Gasteiger partial charge in [0.1, 0.15) is 5.76 Å². The third kappa shape index (κ3) is 6.35. The van der Waals surface area contributed by atoms with Gasteiger partial charge in [0.25, 0.3) is 5.91 Å². The minimum Gasteiger partial charge on any atom is -0.467 e. The highest BCUT2D eigenvalue weighted by atomic mass is 16.5. The minimum atomic E-state index is -0.817. The number of furan rings is 1. The van der Waals surface area contributed by atoms with Crippen molar-refractivity contribution in [1.29, 1.82) is 0 Å². The maximum atomic E-state index is 12.8. The van der Waals surface area contributed by atoms with Gasteiger partial charge in [-0.15, -0.1) is 0 Å². The summed E-state index contributed by atoms with van der Waals surface area (Å²) in [7, 11) is 0. The second-order valence-electron chi connectivity index (χ2n) is 7.80. The van der Waals surface area contributed by atoms with Gasteiger partial charge >= 0.3 is 12.0 Å². The summed E-state index contributed by atoms with van der Waals surface area (Å²) in [5.74, 6) is -1.42. The molecule has 9 heteroatoms. The number of carbonyl (C=O) groups excluding carboxylic acids is 4. The van der Waals surface area contributed by atoms with Crippen molar-refractivity contribution in [1.82, 2.24) is 10.6 Å². The summed E-state index contributed by atoms with van der Waals surface area (Å²) >= 11 is 0. The number of esters is 1. The second-order valence-corrected chi connectivity index (χ2v) is 7.80. The zero-order chi connectivity index (χ0) is 25.3. The molecule has 36 heavy (non-hydrogen) atoms. The molecule has 0 atom stereocenters. The third-order valence-corrected chi connectivity index (χ3v) is 5.24. The van der Waals surface area contributed by atoms with E-state index < -0.39 is 24.5 Å². The first kappa shape index (κ1) is 24.2. The van der Waals surface area contributed by atoms with Crippen molar-refractivity contribution < 1.29 is 28.3 Å². The van der Waals surface area contributed by atoms with Crippen LogP contribution < -0.4 is 16.0 Å². The largest absolute Gasteiger partial charge is 0.467 e. The Kier molecular flexibility index (Phi) is 7.72. The molecule has 3 N–H and O–H groups in total. The normalized spacial score (nSPS) is 10.4. The number of rotatable bonds is 8. The Labute approximate surface area is 206 Å². The maximum Gasteiger partial charge on any atom is 0.340 e. The van der Waals surface area contributed by atoms with Crippen LogP contribution in [0.25, 0.3) is 10.8 Å². The number of carbonyl (C=O) groups is 4.